The van der Waals surface area contributed by atoms with E-state index < -0.39 is 0 Å². The highest BCUT2D eigenvalue weighted by Gasteiger charge is 2.23. The Bertz CT molecular complexity index is 413. The van der Waals surface area contributed by atoms with Gasteiger partial charge in [0.15, 0.2) is 0 Å². The summed E-state index contributed by atoms with van der Waals surface area (Å²) in [5, 5.41) is 12.7. The third kappa shape index (κ3) is 4.69. The van der Waals surface area contributed by atoms with E-state index >= 15 is 0 Å². The van der Waals surface area contributed by atoms with Crippen LogP contribution in [0.25, 0.3) is 0 Å². The first kappa shape index (κ1) is 16.8. The third-order valence-electron chi connectivity index (χ3n) is 3.49. The molecule has 0 heterocycles. The van der Waals surface area contributed by atoms with Crippen LogP contribution >= 0.6 is 0 Å². The van der Waals surface area contributed by atoms with Gasteiger partial charge in [0.25, 0.3) is 0 Å². The normalized spacial score (nSPS) is 13.1. The number of hydrogen-bond acceptors (Lipinski definition) is 4. The Balaban J connectivity index is 2.81. The Morgan fingerprint density at radius 1 is 1.20 bits per heavy atom. The second-order valence-corrected chi connectivity index (χ2v) is 5.99. The van der Waals surface area contributed by atoms with E-state index in [0.717, 1.165) is 23.5 Å². The van der Waals surface area contributed by atoms with Crippen LogP contribution in [-0.4, -0.2) is 32.0 Å². The molecule has 0 bridgehead atoms. The van der Waals surface area contributed by atoms with Crippen LogP contribution in [0.2, 0.25) is 0 Å². The Morgan fingerprint density at radius 3 is 2.40 bits per heavy atom. The van der Waals surface area contributed by atoms with Crippen molar-refractivity contribution in [2.45, 2.75) is 39.8 Å². The Kier molecular flexibility index (Phi) is 6.30. The maximum absolute atomic E-state index is 9.20. The molecule has 0 aliphatic carbocycles. The first-order valence-electron chi connectivity index (χ1n) is 6.97. The fourth-order valence-corrected chi connectivity index (χ4v) is 2.22. The van der Waals surface area contributed by atoms with E-state index in [1.165, 1.54) is 0 Å². The molecular weight excluding hydrogens is 254 g/mol. The Hall–Kier alpha value is -1.26. The molecule has 1 unspecified atom stereocenters. The lowest BCUT2D eigenvalue weighted by atomic mass is 9.85. The number of benzene rings is 1. The lowest BCUT2D eigenvalue weighted by Gasteiger charge is -2.31. The SMILES string of the molecule is COc1ccc(OC)c(CNC(CCO)C(C)(C)C)c1. The minimum absolute atomic E-state index is 0.0921. The van der Waals surface area contributed by atoms with Crippen molar-refractivity contribution >= 4 is 0 Å². The molecular formula is C16H27NO3. The summed E-state index contributed by atoms with van der Waals surface area (Å²) in [6.07, 6.45) is 0.732. The minimum atomic E-state index is 0.0921. The molecule has 0 fully saturated rings. The van der Waals surface area contributed by atoms with Crippen LogP contribution in [0.5, 0.6) is 11.5 Å². The van der Waals surface area contributed by atoms with Gasteiger partial charge in [0.1, 0.15) is 11.5 Å². The van der Waals surface area contributed by atoms with Crippen LogP contribution in [-0.2, 0) is 6.54 Å². The lowest BCUT2D eigenvalue weighted by Crippen LogP contribution is -2.40. The summed E-state index contributed by atoms with van der Waals surface area (Å²) in [5.41, 5.74) is 1.15. The number of hydrogen-bond donors (Lipinski definition) is 2. The highest BCUT2D eigenvalue weighted by Crippen LogP contribution is 2.26. The van der Waals surface area contributed by atoms with Crippen LogP contribution in [0.4, 0.5) is 0 Å². The molecule has 0 spiro atoms. The van der Waals surface area contributed by atoms with Crippen molar-refractivity contribution in [3.05, 3.63) is 23.8 Å². The molecule has 114 valence electrons. The topological polar surface area (TPSA) is 50.7 Å². The van der Waals surface area contributed by atoms with E-state index in [2.05, 4.69) is 26.1 Å². The first-order valence-corrected chi connectivity index (χ1v) is 6.97. The van der Waals surface area contributed by atoms with Gasteiger partial charge in [-0.1, -0.05) is 20.8 Å². The van der Waals surface area contributed by atoms with Crippen LogP contribution in [0.15, 0.2) is 18.2 Å². The molecule has 4 nitrogen and oxygen atoms in total. The molecule has 0 saturated carbocycles. The van der Waals surface area contributed by atoms with E-state index in [1.54, 1.807) is 14.2 Å². The quantitative estimate of drug-likeness (QED) is 0.806. The van der Waals surface area contributed by atoms with Crippen LogP contribution in [0.1, 0.15) is 32.8 Å². The van der Waals surface area contributed by atoms with Crippen molar-refractivity contribution in [1.29, 1.82) is 0 Å². The summed E-state index contributed by atoms with van der Waals surface area (Å²) >= 11 is 0. The van der Waals surface area contributed by atoms with Crippen molar-refractivity contribution < 1.29 is 14.6 Å². The molecule has 1 aromatic rings. The van der Waals surface area contributed by atoms with Crippen molar-refractivity contribution in [1.82, 2.24) is 5.32 Å². The molecule has 0 aromatic heterocycles. The maximum atomic E-state index is 9.20. The molecule has 0 radical (unpaired) electrons. The van der Waals surface area contributed by atoms with E-state index in [4.69, 9.17) is 9.47 Å². The fourth-order valence-electron chi connectivity index (χ4n) is 2.22. The van der Waals surface area contributed by atoms with Gasteiger partial charge >= 0.3 is 0 Å². The molecule has 4 heteroatoms. The minimum Gasteiger partial charge on any atom is -0.497 e. The predicted molar refractivity (Wildman–Crippen MR) is 81.3 cm³/mol. The lowest BCUT2D eigenvalue weighted by molar-refractivity contribution is 0.196. The second-order valence-electron chi connectivity index (χ2n) is 5.99. The summed E-state index contributed by atoms with van der Waals surface area (Å²) in [4.78, 5) is 0. The molecule has 1 aromatic carbocycles. The van der Waals surface area contributed by atoms with Gasteiger partial charge in [-0.05, 0) is 30.0 Å². The number of rotatable bonds is 7. The molecule has 1 atom stereocenters. The van der Waals surface area contributed by atoms with Gasteiger partial charge in [0.05, 0.1) is 14.2 Å². The number of aliphatic hydroxyl groups excluding tert-OH is 1. The first-order chi connectivity index (χ1) is 9.42. The van der Waals surface area contributed by atoms with Gasteiger partial charge in [-0.25, -0.2) is 0 Å². The Morgan fingerprint density at radius 2 is 1.90 bits per heavy atom. The monoisotopic (exact) mass is 281 g/mol. The zero-order valence-corrected chi connectivity index (χ0v) is 13.2. The molecule has 0 aliphatic heterocycles. The zero-order chi connectivity index (χ0) is 15.2. The van der Waals surface area contributed by atoms with Gasteiger partial charge in [-0.15, -0.1) is 0 Å². The number of ether oxygens (including phenoxy) is 2. The van der Waals surface area contributed by atoms with Crippen LogP contribution in [0, 0.1) is 5.41 Å². The van der Waals surface area contributed by atoms with Gasteiger partial charge in [0.2, 0.25) is 0 Å². The third-order valence-corrected chi connectivity index (χ3v) is 3.49. The standard InChI is InChI=1S/C16H27NO3/c1-16(2,3)15(8-9-18)17-11-12-10-13(19-4)6-7-14(12)20-5/h6-7,10,15,17-18H,8-9,11H2,1-5H3. The predicted octanol–water partition coefficient (Wildman–Crippen LogP) is 2.59. The van der Waals surface area contributed by atoms with Crippen molar-refractivity contribution in [2.75, 3.05) is 20.8 Å². The van der Waals surface area contributed by atoms with E-state index in [9.17, 15) is 5.11 Å². The summed E-state index contributed by atoms with van der Waals surface area (Å²) in [6, 6.07) is 6.01. The molecule has 0 aliphatic rings. The maximum Gasteiger partial charge on any atom is 0.123 e. The molecule has 0 amide bonds. The summed E-state index contributed by atoms with van der Waals surface area (Å²) < 4.78 is 10.6. The summed E-state index contributed by atoms with van der Waals surface area (Å²) in [5.74, 6) is 1.66. The molecule has 0 saturated heterocycles. The molecule has 2 N–H and O–H groups in total. The number of methoxy groups -OCH3 is 2. The van der Waals surface area contributed by atoms with Crippen molar-refractivity contribution in [3.63, 3.8) is 0 Å². The van der Waals surface area contributed by atoms with E-state index in [0.29, 0.717) is 6.54 Å². The highest BCUT2D eigenvalue weighted by molar-refractivity contribution is 5.40. The van der Waals surface area contributed by atoms with Crippen molar-refractivity contribution in [2.24, 2.45) is 5.41 Å². The smallest absolute Gasteiger partial charge is 0.123 e. The van der Waals surface area contributed by atoms with E-state index in [1.807, 2.05) is 18.2 Å². The zero-order valence-electron chi connectivity index (χ0n) is 13.2. The van der Waals surface area contributed by atoms with Crippen LogP contribution in [0.3, 0.4) is 0 Å². The Labute approximate surface area is 122 Å². The average molecular weight is 281 g/mol. The van der Waals surface area contributed by atoms with Gasteiger partial charge in [-0.2, -0.15) is 0 Å². The summed E-state index contributed by atoms with van der Waals surface area (Å²) in [7, 11) is 3.32. The van der Waals surface area contributed by atoms with Crippen LogP contribution < -0.4 is 14.8 Å². The van der Waals surface area contributed by atoms with Gasteiger partial charge in [-0.3, -0.25) is 0 Å². The summed E-state index contributed by atoms with van der Waals surface area (Å²) in [6.45, 7) is 7.38. The largest absolute Gasteiger partial charge is 0.497 e. The van der Waals surface area contributed by atoms with Gasteiger partial charge < -0.3 is 19.9 Å². The highest BCUT2D eigenvalue weighted by atomic mass is 16.5. The molecule has 20 heavy (non-hydrogen) atoms. The second kappa shape index (κ2) is 7.50. The van der Waals surface area contributed by atoms with E-state index in [-0.39, 0.29) is 18.1 Å². The number of nitrogens with one attached hydrogen (secondary N) is 1. The number of aliphatic hydroxyl groups is 1. The van der Waals surface area contributed by atoms with Crippen molar-refractivity contribution in [3.8, 4) is 11.5 Å². The fraction of sp³-hybridized carbons (Fsp3) is 0.625. The van der Waals surface area contributed by atoms with Gasteiger partial charge in [0, 0.05) is 24.8 Å². The average Bonchev–Trinajstić information content (AvgIpc) is 2.41. The molecule has 1 rings (SSSR count).